The van der Waals surface area contributed by atoms with Gasteiger partial charge in [-0.05, 0) is 33.2 Å². The average Bonchev–Trinajstić information content (AvgIpc) is 4.04. The fraction of sp³-hybridized carbons (Fsp3) is 0.714. The van der Waals surface area contributed by atoms with Crippen molar-refractivity contribution in [3.63, 3.8) is 0 Å². The highest BCUT2D eigenvalue weighted by atomic mass is 32.1. The summed E-state index contributed by atoms with van der Waals surface area (Å²) in [6.45, 7) is 32.7. The van der Waals surface area contributed by atoms with Gasteiger partial charge in [0.2, 0.25) is 0 Å². The number of hydrogen-bond acceptors (Lipinski definition) is 16. The summed E-state index contributed by atoms with van der Waals surface area (Å²) in [5.74, 6) is -4.71. The van der Waals surface area contributed by atoms with E-state index < -0.39 is 39.3 Å². The molecule has 0 N–H and O–H groups in total. The molecule has 4 saturated heterocycles. The lowest BCUT2D eigenvalue weighted by atomic mass is 9.91. The highest BCUT2D eigenvalue weighted by molar-refractivity contribution is 7.34. The van der Waals surface area contributed by atoms with Crippen LogP contribution in [0.5, 0.6) is 0 Å². The molecule has 12 nitrogen and oxygen atoms in total. The maximum absolute atomic E-state index is 6.61. The van der Waals surface area contributed by atoms with E-state index in [0.717, 1.165) is 32.5 Å². The topological polar surface area (TPSA) is 125 Å². The first-order valence-electron chi connectivity index (χ1n) is 21.7. The Morgan fingerprint density at radius 2 is 0.650 bits per heavy atom. The van der Waals surface area contributed by atoms with Crippen molar-refractivity contribution in [2.24, 2.45) is 0 Å². The summed E-state index contributed by atoms with van der Waals surface area (Å²) in [6, 6.07) is 0. The monoisotopic (exact) mass is 932 g/mol. The molecule has 0 radical (unpaired) electrons. The van der Waals surface area contributed by atoms with E-state index in [1.165, 1.54) is 19.0 Å². The van der Waals surface area contributed by atoms with Crippen molar-refractivity contribution in [1.82, 2.24) is 19.9 Å². The maximum Gasteiger partial charge on any atom is 0.276 e. The second-order valence-corrected chi connectivity index (χ2v) is 34.5. The molecular formula is C42H60N4O8S4Si2. The van der Waals surface area contributed by atoms with Gasteiger partial charge in [-0.3, -0.25) is 0 Å². The molecule has 328 valence electrons. The van der Waals surface area contributed by atoms with Crippen LogP contribution in [-0.4, -0.2) is 88.9 Å². The third-order valence-electron chi connectivity index (χ3n) is 14.2. The van der Waals surface area contributed by atoms with Crippen molar-refractivity contribution >= 4 is 70.8 Å². The summed E-state index contributed by atoms with van der Waals surface area (Å²) in [5, 5.41) is 0. The lowest BCUT2D eigenvalue weighted by molar-refractivity contribution is -0.368. The third kappa shape index (κ3) is 5.62. The van der Waals surface area contributed by atoms with Crippen LogP contribution in [-0.2, 0) is 61.0 Å². The Balaban J connectivity index is 0.000000190. The molecule has 4 aliphatic heterocycles. The zero-order valence-corrected chi connectivity index (χ0v) is 42.2. The summed E-state index contributed by atoms with van der Waals surface area (Å²) in [5.41, 5.74) is 10.1. The fourth-order valence-corrected chi connectivity index (χ4v) is 33.6. The molecule has 0 bridgehead atoms. The number of rotatable bonds is 8. The van der Waals surface area contributed by atoms with Crippen LogP contribution in [0.25, 0.3) is 19.5 Å². The first-order chi connectivity index (χ1) is 28.6. The molecule has 18 heteroatoms. The van der Waals surface area contributed by atoms with Crippen LogP contribution in [0.2, 0.25) is 33.2 Å². The van der Waals surface area contributed by atoms with Gasteiger partial charge in [-0.15, -0.1) is 45.3 Å². The minimum atomic E-state index is -2.03. The minimum Gasteiger partial charge on any atom is -0.338 e. The van der Waals surface area contributed by atoms with E-state index in [9.17, 15) is 0 Å². The van der Waals surface area contributed by atoms with Gasteiger partial charge < -0.3 is 37.9 Å². The first-order valence-corrected chi connectivity index (χ1v) is 29.5. The maximum atomic E-state index is 6.61. The van der Waals surface area contributed by atoms with Crippen molar-refractivity contribution in [1.29, 1.82) is 0 Å². The van der Waals surface area contributed by atoms with Crippen LogP contribution in [0.3, 0.4) is 0 Å². The molecule has 0 unspecified atom stereocenters. The highest BCUT2D eigenvalue weighted by Gasteiger charge is 2.71. The molecule has 0 aromatic carbocycles. The van der Waals surface area contributed by atoms with Gasteiger partial charge in [0.25, 0.3) is 23.1 Å². The van der Waals surface area contributed by atoms with E-state index in [1.807, 2.05) is 22.7 Å². The van der Waals surface area contributed by atoms with E-state index in [-0.39, 0.29) is 0 Å². The van der Waals surface area contributed by atoms with Crippen LogP contribution < -0.4 is 9.26 Å². The molecule has 0 amide bonds. The van der Waals surface area contributed by atoms with Crippen molar-refractivity contribution in [2.45, 2.75) is 139 Å². The Hall–Kier alpha value is -1.37. The van der Waals surface area contributed by atoms with E-state index in [0.29, 0.717) is 86.1 Å². The Morgan fingerprint density at radius 1 is 0.400 bits per heavy atom. The quantitative estimate of drug-likeness (QED) is 0.157. The molecule has 8 heterocycles. The van der Waals surface area contributed by atoms with E-state index in [4.69, 9.17) is 47.9 Å². The SMILES string of the molecule is CC(C)[Si](c1nc2c(s1)-c1sc([Si](C(C)C)(C(C)C)C(C)C)nc1C1(OCCO1)C21OCCO1)(C(C)C)C(C)C.c1nc2c(s1)-c1scnc1C1(OCCO1)C21OCCO1. The van der Waals surface area contributed by atoms with Crippen molar-refractivity contribution < 1.29 is 37.9 Å². The Morgan fingerprint density at radius 3 is 0.900 bits per heavy atom. The van der Waals surface area contributed by atoms with E-state index in [1.54, 1.807) is 33.7 Å². The van der Waals surface area contributed by atoms with Gasteiger partial charge >= 0.3 is 0 Å². The van der Waals surface area contributed by atoms with Crippen LogP contribution in [0.15, 0.2) is 11.0 Å². The predicted octanol–water partition coefficient (Wildman–Crippen LogP) is 9.13. The van der Waals surface area contributed by atoms with Gasteiger partial charge in [-0.2, -0.15) is 0 Å². The summed E-state index contributed by atoms with van der Waals surface area (Å²) < 4.78 is 52.9. The molecule has 0 atom stereocenters. The van der Waals surface area contributed by atoms with Gasteiger partial charge in [0.15, 0.2) is 0 Å². The number of nitrogens with zero attached hydrogens (tertiary/aromatic N) is 4. The predicted molar refractivity (Wildman–Crippen MR) is 242 cm³/mol. The largest absolute Gasteiger partial charge is 0.338 e. The normalized spacial score (nSPS) is 22.0. The summed E-state index contributed by atoms with van der Waals surface area (Å²) in [7, 11) is -4.07. The van der Waals surface area contributed by atoms with Gasteiger partial charge in [0, 0.05) is 0 Å². The van der Waals surface area contributed by atoms with Crippen LogP contribution >= 0.6 is 45.3 Å². The standard InChI is InChI=1S/C30H50N2O4S2Si2.C12H10N2O4S2/c1-17(2)39(18(3)4,19(5)6)27-31-25-23(37-27)24-26(30(35-15-16-36-30)29(25)33-13-14-34-29)32-28(38-24)40(20(7)8,21(9)10)22(11)12;1-2-16-11(15-1)9-7(19-5-13-9)8-10(14-6-20-8)12(11)17-3-4-18-12/h17-22H,13-16H2,1-12H3;5-6H,1-4H2. The number of aromatic nitrogens is 4. The Kier molecular flexibility index (Phi) is 11.5. The second kappa shape index (κ2) is 15.7. The number of fused-ring (bicyclic) bond motifs is 12. The Bertz CT molecular complexity index is 1990. The number of thiazole rings is 4. The summed E-state index contributed by atoms with van der Waals surface area (Å²) in [4.78, 5) is 24.5. The van der Waals surface area contributed by atoms with Crippen LogP contribution in [0, 0.1) is 0 Å². The van der Waals surface area contributed by atoms with Crippen LogP contribution in [0.1, 0.15) is 106 Å². The minimum absolute atomic E-state index is 0.483. The number of ether oxygens (including phenoxy) is 8. The first kappa shape index (κ1) is 43.9. The third-order valence-corrected chi connectivity index (χ3v) is 33.8. The molecule has 4 aromatic heterocycles. The fourth-order valence-electron chi connectivity index (χ4n) is 12.1. The molecule has 4 aromatic rings. The average molecular weight is 933 g/mol. The van der Waals surface area contributed by atoms with Gasteiger partial charge in [-0.1, -0.05) is 83.1 Å². The number of hydrogen-bond donors (Lipinski definition) is 0. The zero-order valence-electron chi connectivity index (χ0n) is 37.0. The van der Waals surface area contributed by atoms with Crippen LogP contribution in [0.4, 0.5) is 0 Å². The second-order valence-electron chi connectivity index (χ2n) is 18.5. The molecule has 4 fully saturated rings. The molecule has 10 rings (SSSR count). The summed E-state index contributed by atoms with van der Waals surface area (Å²) >= 11 is 6.90. The molecule has 60 heavy (non-hydrogen) atoms. The molecule has 4 spiro atoms. The van der Waals surface area contributed by atoms with Gasteiger partial charge in [0.1, 0.15) is 38.9 Å². The van der Waals surface area contributed by atoms with E-state index in [2.05, 4.69) is 93.1 Å². The zero-order chi connectivity index (χ0) is 42.6. The molecule has 6 aliphatic rings. The van der Waals surface area contributed by atoms with E-state index >= 15 is 0 Å². The van der Waals surface area contributed by atoms with Crippen molar-refractivity contribution in [3.05, 3.63) is 33.8 Å². The lowest BCUT2D eigenvalue weighted by Crippen LogP contribution is -2.57. The smallest absolute Gasteiger partial charge is 0.276 e. The molecular weight excluding hydrogens is 873 g/mol. The van der Waals surface area contributed by atoms with Gasteiger partial charge in [0.05, 0.1) is 92.6 Å². The summed E-state index contributed by atoms with van der Waals surface area (Å²) in [6.07, 6.45) is 0. The van der Waals surface area contributed by atoms with Crippen molar-refractivity contribution in [3.8, 4) is 19.5 Å². The van der Waals surface area contributed by atoms with Gasteiger partial charge in [-0.25, -0.2) is 19.9 Å². The molecule has 0 saturated carbocycles. The molecule has 2 aliphatic carbocycles. The Labute approximate surface area is 372 Å². The van der Waals surface area contributed by atoms with Crippen molar-refractivity contribution in [2.75, 3.05) is 52.9 Å². The highest BCUT2D eigenvalue weighted by Crippen LogP contribution is 2.62. The lowest BCUT2D eigenvalue weighted by Gasteiger charge is -2.43.